The summed E-state index contributed by atoms with van der Waals surface area (Å²) < 4.78 is 13.7. The van der Waals surface area contributed by atoms with Crippen molar-refractivity contribution in [1.82, 2.24) is 0 Å². The van der Waals surface area contributed by atoms with Crippen LogP contribution in [0.25, 0.3) is 0 Å². The summed E-state index contributed by atoms with van der Waals surface area (Å²) in [6.07, 6.45) is 0.997. The zero-order chi connectivity index (χ0) is 12.8. The van der Waals surface area contributed by atoms with Crippen LogP contribution in [0.1, 0.15) is 23.1 Å². The van der Waals surface area contributed by atoms with Crippen molar-refractivity contribution < 1.29 is 9.50 Å². The van der Waals surface area contributed by atoms with Crippen LogP contribution in [0.15, 0.2) is 42.5 Å². The van der Waals surface area contributed by atoms with Crippen molar-refractivity contribution in [2.75, 3.05) is 0 Å². The number of aliphatic hydroxyl groups is 1. The van der Waals surface area contributed by atoms with Gasteiger partial charge in [0.25, 0.3) is 0 Å². The fourth-order valence-electron chi connectivity index (χ4n) is 2.72. The van der Waals surface area contributed by atoms with E-state index < -0.39 is 5.60 Å². The van der Waals surface area contributed by atoms with Gasteiger partial charge in [0.2, 0.25) is 0 Å². The lowest BCUT2D eigenvalue weighted by atomic mass is 9.88. The molecule has 1 aliphatic rings. The van der Waals surface area contributed by atoms with Gasteiger partial charge in [0, 0.05) is 10.6 Å². The van der Waals surface area contributed by atoms with E-state index in [0.29, 0.717) is 34.6 Å². The zero-order valence-electron chi connectivity index (χ0n) is 9.66. The molecule has 92 valence electrons. The van der Waals surface area contributed by atoms with Crippen LogP contribution in [0, 0.1) is 5.82 Å². The minimum atomic E-state index is -1.17. The van der Waals surface area contributed by atoms with E-state index in [-0.39, 0.29) is 5.82 Å². The van der Waals surface area contributed by atoms with E-state index in [0.717, 1.165) is 0 Å². The highest BCUT2D eigenvalue weighted by molar-refractivity contribution is 6.31. The van der Waals surface area contributed by atoms with Crippen LogP contribution in [-0.2, 0) is 12.0 Å². The Hall–Kier alpha value is -1.38. The Balaban J connectivity index is 2.21. The van der Waals surface area contributed by atoms with Gasteiger partial charge in [-0.25, -0.2) is 4.39 Å². The Labute approximate surface area is 110 Å². The molecule has 2 aromatic rings. The standard InChI is InChI=1S/C15H12ClFO/c16-13-6-2-1-4-12(13)15(18)9-8-10-11(15)5-3-7-14(10)17/h1-7,18H,8-9H2. The Morgan fingerprint density at radius 1 is 1.06 bits per heavy atom. The second kappa shape index (κ2) is 4.08. The summed E-state index contributed by atoms with van der Waals surface area (Å²) in [5.74, 6) is -0.254. The van der Waals surface area contributed by atoms with Crippen LogP contribution in [0.2, 0.25) is 5.02 Å². The third-order valence-electron chi connectivity index (χ3n) is 3.62. The molecule has 3 heteroatoms. The van der Waals surface area contributed by atoms with Crippen LogP contribution in [-0.4, -0.2) is 5.11 Å². The van der Waals surface area contributed by atoms with Gasteiger partial charge in [-0.3, -0.25) is 0 Å². The molecular weight excluding hydrogens is 251 g/mol. The number of fused-ring (bicyclic) bond motifs is 1. The SMILES string of the molecule is OC1(c2ccccc2Cl)CCc2c(F)cccc21. The number of rotatable bonds is 1. The third-order valence-corrected chi connectivity index (χ3v) is 3.95. The molecule has 0 fully saturated rings. The molecule has 3 rings (SSSR count). The fourth-order valence-corrected chi connectivity index (χ4v) is 3.01. The first-order chi connectivity index (χ1) is 8.63. The molecular formula is C15H12ClFO. The van der Waals surface area contributed by atoms with E-state index in [9.17, 15) is 9.50 Å². The predicted molar refractivity (Wildman–Crippen MR) is 69.2 cm³/mol. The Bertz CT molecular complexity index is 611. The summed E-state index contributed by atoms with van der Waals surface area (Å²) in [6, 6.07) is 12.0. The highest BCUT2D eigenvalue weighted by Gasteiger charge is 2.40. The van der Waals surface area contributed by atoms with E-state index in [2.05, 4.69) is 0 Å². The largest absolute Gasteiger partial charge is 0.380 e. The number of hydrogen-bond acceptors (Lipinski definition) is 1. The quantitative estimate of drug-likeness (QED) is 0.832. The van der Waals surface area contributed by atoms with Gasteiger partial charge in [0.15, 0.2) is 0 Å². The molecule has 1 nitrogen and oxygen atoms in total. The summed E-state index contributed by atoms with van der Waals surface area (Å²) in [5, 5.41) is 11.4. The maximum atomic E-state index is 13.7. The van der Waals surface area contributed by atoms with E-state index in [1.807, 2.05) is 12.1 Å². The first-order valence-electron chi connectivity index (χ1n) is 5.88. The lowest BCUT2D eigenvalue weighted by Gasteiger charge is -2.25. The normalized spacial score (nSPS) is 21.9. The van der Waals surface area contributed by atoms with Gasteiger partial charge in [0.05, 0.1) is 0 Å². The second-order valence-electron chi connectivity index (χ2n) is 4.61. The van der Waals surface area contributed by atoms with Crippen LogP contribution >= 0.6 is 11.6 Å². The summed E-state index contributed by atoms with van der Waals surface area (Å²) in [6.45, 7) is 0. The summed E-state index contributed by atoms with van der Waals surface area (Å²) >= 11 is 6.15. The summed E-state index contributed by atoms with van der Waals surface area (Å²) in [4.78, 5) is 0. The average molecular weight is 263 g/mol. The van der Waals surface area contributed by atoms with Gasteiger partial charge in [-0.15, -0.1) is 0 Å². The third kappa shape index (κ3) is 1.57. The topological polar surface area (TPSA) is 20.2 Å². The minimum absolute atomic E-state index is 0.254. The van der Waals surface area contributed by atoms with Crippen LogP contribution in [0.3, 0.4) is 0 Å². The van der Waals surface area contributed by atoms with Crippen molar-refractivity contribution in [2.24, 2.45) is 0 Å². The fraction of sp³-hybridized carbons (Fsp3) is 0.200. The molecule has 2 aromatic carbocycles. The summed E-state index contributed by atoms with van der Waals surface area (Å²) in [5.41, 5.74) is 0.710. The predicted octanol–water partition coefficient (Wildman–Crippen LogP) is 3.66. The number of halogens is 2. The van der Waals surface area contributed by atoms with Crippen LogP contribution in [0.5, 0.6) is 0 Å². The molecule has 1 aliphatic carbocycles. The maximum Gasteiger partial charge on any atom is 0.126 e. The molecule has 1 unspecified atom stereocenters. The first-order valence-corrected chi connectivity index (χ1v) is 6.26. The average Bonchev–Trinajstić information content (AvgIpc) is 2.70. The molecule has 0 aliphatic heterocycles. The molecule has 18 heavy (non-hydrogen) atoms. The van der Waals surface area contributed by atoms with E-state index in [1.54, 1.807) is 24.3 Å². The molecule has 0 amide bonds. The molecule has 0 bridgehead atoms. The lowest BCUT2D eigenvalue weighted by molar-refractivity contribution is 0.0830. The van der Waals surface area contributed by atoms with Gasteiger partial charge in [-0.1, -0.05) is 41.9 Å². The number of benzene rings is 2. The molecule has 0 saturated carbocycles. The smallest absolute Gasteiger partial charge is 0.126 e. The molecule has 0 aromatic heterocycles. The Morgan fingerprint density at radius 2 is 1.78 bits per heavy atom. The number of hydrogen-bond donors (Lipinski definition) is 1. The van der Waals surface area contributed by atoms with Gasteiger partial charge in [0.1, 0.15) is 11.4 Å². The highest BCUT2D eigenvalue weighted by Crippen LogP contribution is 2.44. The van der Waals surface area contributed by atoms with Crippen molar-refractivity contribution in [3.8, 4) is 0 Å². The lowest BCUT2D eigenvalue weighted by Crippen LogP contribution is -2.24. The van der Waals surface area contributed by atoms with Gasteiger partial charge < -0.3 is 5.11 Å². The molecule has 0 saturated heterocycles. The maximum absolute atomic E-state index is 13.7. The first kappa shape index (κ1) is 11.7. The molecule has 0 heterocycles. The van der Waals surface area contributed by atoms with Crippen LogP contribution < -0.4 is 0 Å². The van der Waals surface area contributed by atoms with Gasteiger partial charge in [-0.2, -0.15) is 0 Å². The van der Waals surface area contributed by atoms with Crippen molar-refractivity contribution in [2.45, 2.75) is 18.4 Å². The monoisotopic (exact) mass is 262 g/mol. The van der Waals surface area contributed by atoms with Gasteiger partial charge >= 0.3 is 0 Å². The molecule has 1 atom stereocenters. The van der Waals surface area contributed by atoms with Crippen molar-refractivity contribution in [3.05, 3.63) is 70.0 Å². The van der Waals surface area contributed by atoms with Crippen molar-refractivity contribution in [1.29, 1.82) is 0 Å². The highest BCUT2D eigenvalue weighted by atomic mass is 35.5. The molecule has 0 radical (unpaired) electrons. The minimum Gasteiger partial charge on any atom is -0.380 e. The Kier molecular flexibility index (Phi) is 2.65. The Morgan fingerprint density at radius 3 is 2.56 bits per heavy atom. The van der Waals surface area contributed by atoms with Crippen molar-refractivity contribution >= 4 is 11.6 Å². The zero-order valence-corrected chi connectivity index (χ0v) is 10.4. The van der Waals surface area contributed by atoms with E-state index in [4.69, 9.17) is 11.6 Å². The molecule has 1 N–H and O–H groups in total. The van der Waals surface area contributed by atoms with Crippen molar-refractivity contribution in [3.63, 3.8) is 0 Å². The molecule has 0 spiro atoms. The van der Waals surface area contributed by atoms with E-state index >= 15 is 0 Å². The van der Waals surface area contributed by atoms with E-state index in [1.165, 1.54) is 6.07 Å². The van der Waals surface area contributed by atoms with Gasteiger partial charge in [-0.05, 0) is 36.1 Å². The summed E-state index contributed by atoms with van der Waals surface area (Å²) in [7, 11) is 0. The second-order valence-corrected chi connectivity index (χ2v) is 5.01. The van der Waals surface area contributed by atoms with Crippen LogP contribution in [0.4, 0.5) is 4.39 Å².